The highest BCUT2D eigenvalue weighted by atomic mass is 32.1. The summed E-state index contributed by atoms with van der Waals surface area (Å²) in [6, 6.07) is 15.6. The minimum Gasteiger partial charge on any atom is -0.508 e. The first-order valence-corrected chi connectivity index (χ1v) is 12.2. The highest BCUT2D eigenvalue weighted by molar-refractivity contribution is 7.80. The van der Waals surface area contributed by atoms with Gasteiger partial charge in [0, 0.05) is 49.5 Å². The monoisotopic (exact) mass is 477 g/mol. The third kappa shape index (κ3) is 4.41. The molecule has 0 spiro atoms. The number of aromatic nitrogens is 2. The SMILES string of the molecule is Cc1cc([C@H]2[C@H](c3ccccn3)NC(=S)N2CCN2CCOCC2)c(C)n1-c1ccc(O)cc1. The van der Waals surface area contributed by atoms with Crippen LogP contribution in [-0.4, -0.2) is 69.0 Å². The molecule has 5 rings (SSSR count). The summed E-state index contributed by atoms with van der Waals surface area (Å²) in [4.78, 5) is 9.44. The molecule has 0 bridgehead atoms. The summed E-state index contributed by atoms with van der Waals surface area (Å²) in [5.41, 5.74) is 5.55. The lowest BCUT2D eigenvalue weighted by atomic mass is 9.96. The van der Waals surface area contributed by atoms with Crippen LogP contribution in [0.3, 0.4) is 0 Å². The van der Waals surface area contributed by atoms with Crippen molar-refractivity contribution in [1.29, 1.82) is 0 Å². The highest BCUT2D eigenvalue weighted by Crippen LogP contribution is 2.41. The number of pyridine rings is 1. The van der Waals surface area contributed by atoms with Crippen molar-refractivity contribution in [1.82, 2.24) is 24.7 Å². The van der Waals surface area contributed by atoms with Crippen LogP contribution in [-0.2, 0) is 4.74 Å². The quantitative estimate of drug-likeness (QED) is 0.527. The van der Waals surface area contributed by atoms with Gasteiger partial charge in [0.15, 0.2) is 5.11 Å². The molecule has 34 heavy (non-hydrogen) atoms. The Kier molecular flexibility index (Phi) is 6.54. The molecule has 2 aromatic heterocycles. The van der Waals surface area contributed by atoms with Gasteiger partial charge in [-0.15, -0.1) is 0 Å². The average Bonchev–Trinajstić information content (AvgIpc) is 3.34. The van der Waals surface area contributed by atoms with Gasteiger partial charge in [0.05, 0.1) is 31.0 Å². The van der Waals surface area contributed by atoms with Gasteiger partial charge in [-0.3, -0.25) is 9.88 Å². The molecule has 178 valence electrons. The number of hydrogen-bond donors (Lipinski definition) is 2. The van der Waals surface area contributed by atoms with Crippen molar-refractivity contribution in [3.63, 3.8) is 0 Å². The van der Waals surface area contributed by atoms with E-state index in [1.807, 2.05) is 30.5 Å². The molecule has 2 atom stereocenters. The van der Waals surface area contributed by atoms with E-state index in [9.17, 15) is 5.11 Å². The third-order valence-corrected chi connectivity index (χ3v) is 7.21. The highest BCUT2D eigenvalue weighted by Gasteiger charge is 2.41. The van der Waals surface area contributed by atoms with Crippen LogP contribution in [0.15, 0.2) is 54.7 Å². The molecule has 0 amide bonds. The number of benzene rings is 1. The second kappa shape index (κ2) is 9.74. The van der Waals surface area contributed by atoms with Crippen LogP contribution in [0.25, 0.3) is 5.69 Å². The van der Waals surface area contributed by atoms with Gasteiger partial charge in [-0.05, 0) is 74.1 Å². The Morgan fingerprint density at radius 1 is 1.09 bits per heavy atom. The predicted molar refractivity (Wildman–Crippen MR) is 136 cm³/mol. The van der Waals surface area contributed by atoms with E-state index < -0.39 is 0 Å². The smallest absolute Gasteiger partial charge is 0.170 e. The van der Waals surface area contributed by atoms with E-state index >= 15 is 0 Å². The van der Waals surface area contributed by atoms with Gasteiger partial charge >= 0.3 is 0 Å². The molecule has 2 aliphatic heterocycles. The van der Waals surface area contributed by atoms with Crippen LogP contribution >= 0.6 is 12.2 Å². The van der Waals surface area contributed by atoms with Gasteiger partial charge in [-0.2, -0.15) is 0 Å². The fourth-order valence-corrected chi connectivity index (χ4v) is 5.48. The van der Waals surface area contributed by atoms with Gasteiger partial charge in [-0.25, -0.2) is 0 Å². The molecule has 2 N–H and O–H groups in total. The van der Waals surface area contributed by atoms with Crippen molar-refractivity contribution in [2.24, 2.45) is 0 Å². The minimum atomic E-state index is -0.0350. The Bertz CT molecular complexity index is 1140. The summed E-state index contributed by atoms with van der Waals surface area (Å²) in [7, 11) is 0. The molecule has 3 aromatic rings. The Labute approximate surface area is 206 Å². The lowest BCUT2D eigenvalue weighted by Gasteiger charge is -2.32. The standard InChI is InChI=1S/C26H31N5O2S/c1-18-17-22(19(2)31(18)20-6-8-21(32)9-7-20)25-24(23-5-3-4-10-27-23)28-26(34)30(25)12-11-29-13-15-33-16-14-29/h3-10,17,24-25,32H,11-16H2,1-2H3,(H,28,34)/t24-,25-/m0/s1. The number of phenols is 1. The second-order valence-electron chi connectivity index (χ2n) is 8.95. The van der Waals surface area contributed by atoms with E-state index in [-0.39, 0.29) is 17.8 Å². The number of aromatic hydroxyl groups is 1. The van der Waals surface area contributed by atoms with Crippen LogP contribution in [0, 0.1) is 13.8 Å². The topological polar surface area (TPSA) is 65.8 Å². The molecule has 0 radical (unpaired) electrons. The first-order chi connectivity index (χ1) is 16.5. The molecule has 0 aliphatic carbocycles. The zero-order valence-corrected chi connectivity index (χ0v) is 20.5. The summed E-state index contributed by atoms with van der Waals surface area (Å²) in [5, 5.41) is 14.1. The zero-order valence-electron chi connectivity index (χ0n) is 19.6. The Hall–Kier alpha value is -2.94. The van der Waals surface area contributed by atoms with Crippen molar-refractivity contribution in [3.8, 4) is 11.4 Å². The number of morpholine rings is 1. The predicted octanol–water partition coefficient (Wildman–Crippen LogP) is 3.50. The molecular weight excluding hydrogens is 446 g/mol. The van der Waals surface area contributed by atoms with Gasteiger partial charge in [-0.1, -0.05) is 6.07 Å². The van der Waals surface area contributed by atoms with Gasteiger partial charge < -0.3 is 24.6 Å². The molecule has 2 saturated heterocycles. The summed E-state index contributed by atoms with van der Waals surface area (Å²) in [6.45, 7) is 9.54. The van der Waals surface area contributed by atoms with Gasteiger partial charge in [0.1, 0.15) is 5.75 Å². The third-order valence-electron chi connectivity index (χ3n) is 6.86. The van der Waals surface area contributed by atoms with E-state index in [1.54, 1.807) is 12.1 Å². The second-order valence-corrected chi connectivity index (χ2v) is 9.34. The summed E-state index contributed by atoms with van der Waals surface area (Å²) < 4.78 is 7.76. The van der Waals surface area contributed by atoms with Crippen LogP contribution in [0.5, 0.6) is 5.75 Å². The fourth-order valence-electron chi connectivity index (χ4n) is 5.14. The summed E-state index contributed by atoms with van der Waals surface area (Å²) in [6.07, 6.45) is 1.84. The Morgan fingerprint density at radius 3 is 2.56 bits per heavy atom. The van der Waals surface area contributed by atoms with Crippen molar-refractivity contribution in [3.05, 3.63) is 77.4 Å². The lowest BCUT2D eigenvalue weighted by Crippen LogP contribution is -2.42. The minimum absolute atomic E-state index is 0.0282. The number of nitrogens with zero attached hydrogens (tertiary/aromatic N) is 4. The van der Waals surface area contributed by atoms with Gasteiger partial charge in [0.25, 0.3) is 0 Å². The summed E-state index contributed by atoms with van der Waals surface area (Å²) in [5.74, 6) is 0.265. The number of phenolic OH excluding ortho intramolecular Hbond substituents is 1. The fraction of sp³-hybridized carbons (Fsp3) is 0.385. The maximum Gasteiger partial charge on any atom is 0.170 e. The summed E-state index contributed by atoms with van der Waals surface area (Å²) >= 11 is 5.86. The van der Waals surface area contributed by atoms with Crippen LogP contribution in [0.2, 0.25) is 0 Å². The van der Waals surface area contributed by atoms with E-state index in [1.165, 1.54) is 5.56 Å². The number of thiocarbonyl (C=S) groups is 1. The molecule has 8 heteroatoms. The van der Waals surface area contributed by atoms with E-state index in [0.717, 1.165) is 67.3 Å². The van der Waals surface area contributed by atoms with E-state index in [2.05, 4.69) is 50.6 Å². The first-order valence-electron chi connectivity index (χ1n) is 11.8. The number of aryl methyl sites for hydroxylation is 1. The molecule has 2 fully saturated rings. The lowest BCUT2D eigenvalue weighted by molar-refractivity contribution is 0.0350. The van der Waals surface area contributed by atoms with E-state index in [4.69, 9.17) is 17.0 Å². The van der Waals surface area contributed by atoms with E-state index in [0.29, 0.717) is 0 Å². The molecule has 4 heterocycles. The number of ether oxygens (including phenoxy) is 1. The Morgan fingerprint density at radius 2 is 1.85 bits per heavy atom. The van der Waals surface area contributed by atoms with Crippen LogP contribution in [0.1, 0.15) is 34.7 Å². The molecule has 7 nitrogen and oxygen atoms in total. The normalized spacial score (nSPS) is 21.1. The molecule has 2 aliphatic rings. The average molecular weight is 478 g/mol. The molecule has 1 aromatic carbocycles. The number of nitrogens with one attached hydrogen (secondary N) is 1. The zero-order chi connectivity index (χ0) is 23.7. The molecule has 0 unspecified atom stereocenters. The van der Waals surface area contributed by atoms with Crippen molar-refractivity contribution in [2.75, 3.05) is 39.4 Å². The van der Waals surface area contributed by atoms with Crippen molar-refractivity contribution >= 4 is 17.3 Å². The largest absolute Gasteiger partial charge is 0.508 e. The maximum absolute atomic E-state index is 9.75. The van der Waals surface area contributed by atoms with Crippen molar-refractivity contribution < 1.29 is 9.84 Å². The molecular formula is C26H31N5O2S. The van der Waals surface area contributed by atoms with Crippen LogP contribution < -0.4 is 5.32 Å². The maximum atomic E-state index is 9.75. The first kappa shape index (κ1) is 22.8. The van der Waals surface area contributed by atoms with Crippen LogP contribution in [0.4, 0.5) is 0 Å². The van der Waals surface area contributed by atoms with Crippen molar-refractivity contribution in [2.45, 2.75) is 25.9 Å². The Balaban J connectivity index is 1.52. The number of rotatable bonds is 6. The van der Waals surface area contributed by atoms with Gasteiger partial charge in [0.2, 0.25) is 0 Å². The number of hydrogen-bond acceptors (Lipinski definition) is 5. The molecule has 0 saturated carbocycles.